The number of hydrogen-bond donors (Lipinski definition) is 2. The molecule has 0 heterocycles. The molecule has 0 spiro atoms. The van der Waals surface area contributed by atoms with E-state index in [0.29, 0.717) is 14.2 Å². The summed E-state index contributed by atoms with van der Waals surface area (Å²) in [6, 6.07) is 1.85. The molecule has 2 N–H and O–H groups in total. The van der Waals surface area contributed by atoms with Crippen LogP contribution >= 0.6 is 0 Å². The maximum Gasteiger partial charge on any atom is 0.389 e. The van der Waals surface area contributed by atoms with Crippen LogP contribution < -0.4 is 10.9 Å². The number of nitrogens with one attached hydrogen (secondary N) is 2. The van der Waals surface area contributed by atoms with Crippen molar-refractivity contribution in [3.05, 3.63) is 20.2 Å². The third kappa shape index (κ3) is 2.89. The molecule has 0 aliphatic carbocycles. The fraction of sp³-hybridized carbons (Fsp3) is 0.667. The molecule has 0 amide bonds. The van der Waals surface area contributed by atoms with Gasteiger partial charge in [0.1, 0.15) is 12.1 Å². The molecular weight excluding hydrogens is 316 g/mol. The summed E-state index contributed by atoms with van der Waals surface area (Å²) in [5.74, 6) is 0. The average Bonchev–Trinajstić information content (AvgIpc) is 2.41. The molecule has 0 aromatic carbocycles. The number of hydrazine groups is 2. The smallest absolute Gasteiger partial charge is 0.331 e. The summed E-state index contributed by atoms with van der Waals surface area (Å²) in [6.07, 6.45) is 0. The van der Waals surface area contributed by atoms with Gasteiger partial charge in [0.15, 0.2) is 10.1 Å². The second-order valence-corrected chi connectivity index (χ2v) is 5.26. The van der Waals surface area contributed by atoms with Gasteiger partial charge in [0.2, 0.25) is 0 Å². The van der Waals surface area contributed by atoms with E-state index in [9.17, 15) is 28.6 Å². The highest BCUT2D eigenvalue weighted by Gasteiger charge is 2.65. The topological polar surface area (TPSA) is 211 Å². The molecule has 15 heteroatoms. The molecule has 0 fully saturated rings. The Morgan fingerprint density at radius 1 is 1.00 bits per heavy atom. The molecule has 0 aliphatic rings. The molecule has 0 radical (unpaired) electrons. The lowest BCUT2D eigenvalue weighted by molar-refractivity contribution is -0.565. The van der Waals surface area contributed by atoms with Crippen LogP contribution in [0.4, 0.5) is 0 Å². The maximum absolute atomic E-state index is 12.2. The summed E-state index contributed by atoms with van der Waals surface area (Å²) in [6.45, 7) is 0. The first kappa shape index (κ1) is 18.2. The predicted molar refractivity (Wildman–Crippen MR) is 59.9 cm³/mol. The number of nitrogens with zero attached hydrogens (tertiary/aromatic N) is 4. The fourth-order valence-electron chi connectivity index (χ4n) is 1.14. The largest absolute Gasteiger partial charge is 0.389 e. The Morgan fingerprint density at radius 2 is 1.29 bits per heavy atom. The third-order valence-electron chi connectivity index (χ3n) is 2.10. The molecule has 0 aromatic rings. The van der Waals surface area contributed by atoms with Gasteiger partial charge in [-0.2, -0.15) is 10.5 Å². The van der Waals surface area contributed by atoms with E-state index in [-0.39, 0.29) is 0 Å². The van der Waals surface area contributed by atoms with E-state index < -0.39 is 30.0 Å². The Balaban J connectivity index is 6.34. The highest BCUT2D eigenvalue weighted by molar-refractivity contribution is 7.94. The quantitative estimate of drug-likeness (QED) is 0.272. The van der Waals surface area contributed by atoms with Crippen LogP contribution in [0.1, 0.15) is 0 Å². The van der Waals surface area contributed by atoms with Crippen molar-refractivity contribution < 1.29 is 28.0 Å². The lowest BCUT2D eigenvalue weighted by atomic mass is 10.6. The summed E-state index contributed by atoms with van der Waals surface area (Å²) < 4.78 is 33.0. The van der Waals surface area contributed by atoms with Crippen LogP contribution in [-0.4, -0.2) is 42.8 Å². The van der Waals surface area contributed by atoms with E-state index in [1.54, 1.807) is 0 Å². The van der Waals surface area contributed by atoms with E-state index in [1.165, 1.54) is 0 Å². The van der Waals surface area contributed by atoms with Crippen molar-refractivity contribution in [2.75, 3.05) is 14.2 Å². The molecule has 0 saturated carbocycles. The molecule has 14 nitrogen and oxygen atoms in total. The van der Waals surface area contributed by atoms with Crippen LogP contribution in [0.15, 0.2) is 0 Å². The van der Waals surface area contributed by atoms with E-state index in [0.717, 1.165) is 23.0 Å². The van der Waals surface area contributed by atoms with E-state index in [1.807, 2.05) is 0 Å². The Bertz CT molecular complexity index is 572. The number of ether oxygens (including phenoxy) is 2. The monoisotopic (exact) mass is 324 g/mol. The maximum atomic E-state index is 12.2. The number of nitro groups is 2. The predicted octanol–water partition coefficient (Wildman–Crippen LogP) is -2.39. The van der Waals surface area contributed by atoms with Gasteiger partial charge in [-0.15, -0.1) is 0 Å². The van der Waals surface area contributed by atoms with Crippen molar-refractivity contribution in [3.63, 3.8) is 0 Å². The van der Waals surface area contributed by atoms with Gasteiger partial charge >= 0.3 is 10.1 Å². The van der Waals surface area contributed by atoms with Crippen molar-refractivity contribution >= 4 is 9.84 Å². The average molecular weight is 324 g/mol. The van der Waals surface area contributed by atoms with Crippen LogP contribution in [0.2, 0.25) is 0 Å². The van der Waals surface area contributed by atoms with Gasteiger partial charge in [0.25, 0.3) is 9.84 Å². The van der Waals surface area contributed by atoms with Crippen molar-refractivity contribution in [1.82, 2.24) is 10.9 Å². The lowest BCUT2D eigenvalue weighted by Gasteiger charge is -2.28. The van der Waals surface area contributed by atoms with Crippen LogP contribution in [0.3, 0.4) is 0 Å². The second kappa shape index (κ2) is 6.13. The van der Waals surface area contributed by atoms with Crippen LogP contribution in [0.5, 0.6) is 0 Å². The number of nitriles is 2. The molecule has 0 saturated heterocycles. The van der Waals surface area contributed by atoms with Crippen molar-refractivity contribution in [2.45, 2.75) is 10.1 Å². The van der Waals surface area contributed by atoms with E-state index in [4.69, 9.17) is 10.5 Å². The first-order valence-electron chi connectivity index (χ1n) is 4.59. The molecule has 116 valence electrons. The highest BCUT2D eigenvalue weighted by atomic mass is 32.2. The second-order valence-electron chi connectivity index (χ2n) is 3.11. The van der Waals surface area contributed by atoms with Crippen LogP contribution in [-0.2, 0) is 19.3 Å². The minimum Gasteiger partial charge on any atom is -0.331 e. The van der Waals surface area contributed by atoms with Gasteiger partial charge in [-0.1, -0.05) is 10.9 Å². The zero-order valence-electron chi connectivity index (χ0n) is 10.5. The molecule has 21 heavy (non-hydrogen) atoms. The number of methoxy groups -OCH3 is 2. The first-order chi connectivity index (χ1) is 9.58. The number of rotatable bonds is 8. The summed E-state index contributed by atoms with van der Waals surface area (Å²) in [7, 11) is -4.25. The Hall–Kier alpha value is -2.75. The van der Waals surface area contributed by atoms with Crippen LogP contribution in [0.25, 0.3) is 0 Å². The van der Waals surface area contributed by atoms with Crippen molar-refractivity contribution in [2.24, 2.45) is 0 Å². The lowest BCUT2D eigenvalue weighted by Crippen LogP contribution is -2.67. The summed E-state index contributed by atoms with van der Waals surface area (Å²) in [5, 5.41) is 28.9. The molecule has 0 aromatic heterocycles. The summed E-state index contributed by atoms with van der Waals surface area (Å²) in [4.78, 5) is 20.9. The van der Waals surface area contributed by atoms with Crippen LogP contribution in [0, 0.1) is 42.9 Å². The molecule has 2 unspecified atom stereocenters. The van der Waals surface area contributed by atoms with Gasteiger partial charge in [-0.25, -0.2) is 28.6 Å². The normalized spacial score (nSPS) is 16.4. The zero-order valence-corrected chi connectivity index (χ0v) is 11.3. The van der Waals surface area contributed by atoms with Gasteiger partial charge in [0, 0.05) is 14.2 Å². The van der Waals surface area contributed by atoms with Gasteiger partial charge in [-0.05, 0) is 0 Å². The Kier molecular flexibility index (Phi) is 5.33. The Labute approximate surface area is 117 Å². The highest BCUT2D eigenvalue weighted by Crippen LogP contribution is 2.27. The summed E-state index contributed by atoms with van der Waals surface area (Å²) in [5.41, 5.74) is 2.07. The van der Waals surface area contributed by atoms with Gasteiger partial charge in [-0.3, -0.25) is 0 Å². The van der Waals surface area contributed by atoms with E-state index >= 15 is 0 Å². The zero-order chi connectivity index (χ0) is 16.9. The van der Waals surface area contributed by atoms with Gasteiger partial charge in [0.05, 0.1) is 0 Å². The SMILES string of the molecule is COC(C#N)(N[N+](=O)[O-])S(=O)(=O)C(C#N)(N[N+](=O)[O-])OC. The number of sulfone groups is 1. The third-order valence-corrected chi connectivity index (χ3v) is 4.32. The standard InChI is InChI=1S/C6H8N6O8S/c1-19-5(3-7,9-11(13)14)21(17,18)6(4-8,20-2)10-12(15)16/h9-10H,1-2H3. The minimum atomic E-state index is -5.45. The van der Waals surface area contributed by atoms with E-state index in [2.05, 4.69) is 9.47 Å². The van der Waals surface area contributed by atoms with Crippen molar-refractivity contribution in [3.8, 4) is 12.1 Å². The first-order valence-corrected chi connectivity index (χ1v) is 6.07. The summed E-state index contributed by atoms with van der Waals surface area (Å²) >= 11 is 0. The molecule has 0 rings (SSSR count). The van der Waals surface area contributed by atoms with Crippen molar-refractivity contribution in [1.29, 1.82) is 10.5 Å². The minimum absolute atomic E-state index is 0.598. The van der Waals surface area contributed by atoms with Gasteiger partial charge < -0.3 is 9.47 Å². The molecule has 0 bridgehead atoms. The molecular formula is C6H8N6O8S. The molecule has 2 atom stereocenters. The fourth-order valence-corrected chi connectivity index (χ4v) is 2.61. The Morgan fingerprint density at radius 3 is 1.43 bits per heavy atom. The number of hydrogen-bond acceptors (Lipinski definition) is 10. The molecule has 0 aliphatic heterocycles.